The third kappa shape index (κ3) is 11.2. The van der Waals surface area contributed by atoms with Crippen LogP contribution in [0.15, 0.2) is 104 Å². The van der Waals surface area contributed by atoms with Gasteiger partial charge in [-0.15, -0.1) is 0 Å². The first kappa shape index (κ1) is 34.6. The van der Waals surface area contributed by atoms with Crippen LogP contribution in [0, 0.1) is 0 Å². The second kappa shape index (κ2) is 18.6. The highest BCUT2D eigenvalue weighted by molar-refractivity contribution is 5.97. The Morgan fingerprint density at radius 2 is 1.32 bits per heavy atom. The number of unbranched alkanes of at least 4 members (excludes halogenated alkanes) is 3. The number of ether oxygens (including phenoxy) is 7. The average Bonchev–Trinajstić information content (AvgIpc) is 3.09. The van der Waals surface area contributed by atoms with E-state index >= 15 is 0 Å². The summed E-state index contributed by atoms with van der Waals surface area (Å²) in [4.78, 5) is 24.4. The second-order valence-corrected chi connectivity index (χ2v) is 10.4. The monoisotopic (exact) mass is 640 g/mol. The van der Waals surface area contributed by atoms with Gasteiger partial charge in [0.05, 0.1) is 25.0 Å². The Balaban J connectivity index is 1.20. The standard InChI is InChI=1S/C38H40O9/c1-4-28-24-35(47-38(40)31-12-11-30-25-34(46-37(39)5-2)14-13-29(30)23-31)19-20-36(28)45-27-44-33-17-15-32(16-18-33)43-22-10-8-7-9-21-42-26-41-6-3/h5-6,11-20,23-25H,2-4,7-10,21-22,26-27H2,1H3. The zero-order valence-corrected chi connectivity index (χ0v) is 26.6. The molecule has 246 valence electrons. The Hall–Kier alpha value is -5.28. The molecule has 0 N–H and O–H groups in total. The van der Waals surface area contributed by atoms with E-state index in [-0.39, 0.29) is 13.6 Å². The summed E-state index contributed by atoms with van der Waals surface area (Å²) < 4.78 is 38.5. The number of aryl methyl sites for hydroxylation is 1. The molecule has 0 aromatic heterocycles. The van der Waals surface area contributed by atoms with Gasteiger partial charge in [0.15, 0.2) is 6.79 Å². The highest BCUT2D eigenvalue weighted by atomic mass is 16.7. The average molecular weight is 641 g/mol. The van der Waals surface area contributed by atoms with Gasteiger partial charge in [0.25, 0.3) is 0 Å². The maximum atomic E-state index is 12.9. The fourth-order valence-corrected chi connectivity index (χ4v) is 4.57. The number of hydrogen-bond acceptors (Lipinski definition) is 9. The number of esters is 2. The number of carbonyl (C=O) groups excluding carboxylic acids is 2. The first-order chi connectivity index (χ1) is 23.0. The highest BCUT2D eigenvalue weighted by Gasteiger charge is 2.13. The van der Waals surface area contributed by atoms with Crippen LogP contribution in [0.25, 0.3) is 10.8 Å². The summed E-state index contributed by atoms with van der Waals surface area (Å²) in [5, 5.41) is 1.62. The molecule has 9 heteroatoms. The number of rotatable bonds is 20. The molecule has 4 aromatic carbocycles. The van der Waals surface area contributed by atoms with Gasteiger partial charge in [0.2, 0.25) is 6.79 Å². The van der Waals surface area contributed by atoms with Gasteiger partial charge in [-0.25, -0.2) is 9.59 Å². The van der Waals surface area contributed by atoms with E-state index in [2.05, 4.69) is 13.2 Å². The minimum atomic E-state index is -0.538. The van der Waals surface area contributed by atoms with Crippen LogP contribution in [0.1, 0.15) is 48.5 Å². The number of carbonyl (C=O) groups is 2. The van der Waals surface area contributed by atoms with Crippen molar-refractivity contribution in [3.63, 3.8) is 0 Å². The molecule has 0 spiro atoms. The van der Waals surface area contributed by atoms with Crippen molar-refractivity contribution in [1.82, 2.24) is 0 Å². The molecule has 0 aliphatic rings. The Morgan fingerprint density at radius 1 is 0.660 bits per heavy atom. The second-order valence-electron chi connectivity index (χ2n) is 10.4. The smallest absolute Gasteiger partial charge is 0.343 e. The predicted octanol–water partition coefficient (Wildman–Crippen LogP) is 8.20. The number of hydrogen-bond donors (Lipinski definition) is 0. The molecule has 0 fully saturated rings. The highest BCUT2D eigenvalue weighted by Crippen LogP contribution is 2.27. The van der Waals surface area contributed by atoms with Gasteiger partial charge in [0, 0.05) is 6.08 Å². The lowest BCUT2D eigenvalue weighted by atomic mass is 10.1. The summed E-state index contributed by atoms with van der Waals surface area (Å²) in [5.74, 6) is 1.86. The van der Waals surface area contributed by atoms with Gasteiger partial charge in [0.1, 0.15) is 28.7 Å². The lowest BCUT2D eigenvalue weighted by molar-refractivity contribution is -0.128. The first-order valence-electron chi connectivity index (χ1n) is 15.5. The van der Waals surface area contributed by atoms with E-state index in [4.69, 9.17) is 33.2 Å². The van der Waals surface area contributed by atoms with E-state index in [0.29, 0.717) is 48.2 Å². The van der Waals surface area contributed by atoms with Gasteiger partial charge in [-0.2, -0.15) is 0 Å². The van der Waals surface area contributed by atoms with Crippen LogP contribution >= 0.6 is 0 Å². The Labute approximate surface area is 275 Å². The van der Waals surface area contributed by atoms with Crippen molar-refractivity contribution >= 4 is 22.7 Å². The van der Waals surface area contributed by atoms with E-state index in [0.717, 1.165) is 53.8 Å². The maximum Gasteiger partial charge on any atom is 0.343 e. The molecule has 0 aliphatic carbocycles. The quantitative estimate of drug-likeness (QED) is 0.0236. The molecule has 4 rings (SSSR count). The molecule has 0 aliphatic heterocycles. The molecule has 0 bridgehead atoms. The number of benzene rings is 4. The zero-order valence-electron chi connectivity index (χ0n) is 26.6. The predicted molar refractivity (Wildman–Crippen MR) is 179 cm³/mol. The molecular formula is C38H40O9. The molecule has 9 nitrogen and oxygen atoms in total. The van der Waals surface area contributed by atoms with Crippen molar-refractivity contribution in [1.29, 1.82) is 0 Å². The lowest BCUT2D eigenvalue weighted by Gasteiger charge is -2.14. The molecule has 4 aromatic rings. The molecule has 0 saturated heterocycles. The fraction of sp³-hybridized carbons (Fsp3) is 0.263. The molecule has 0 atom stereocenters. The summed E-state index contributed by atoms with van der Waals surface area (Å²) in [6.07, 6.45) is 7.23. The van der Waals surface area contributed by atoms with Crippen molar-refractivity contribution in [3.05, 3.63) is 115 Å². The third-order valence-electron chi connectivity index (χ3n) is 7.04. The topological polar surface area (TPSA) is 98.8 Å². The summed E-state index contributed by atoms with van der Waals surface area (Å²) in [7, 11) is 0. The van der Waals surface area contributed by atoms with E-state index in [1.165, 1.54) is 6.26 Å². The SMILES string of the molecule is C=COCOCCCCCCOc1ccc(OCOc2ccc(OC(=O)c3ccc4cc(OC(=O)C=C)ccc4c3)cc2CC)cc1. The van der Waals surface area contributed by atoms with E-state index in [1.807, 2.05) is 31.2 Å². The number of fused-ring (bicyclic) bond motifs is 1. The molecule has 0 saturated carbocycles. The van der Waals surface area contributed by atoms with Gasteiger partial charge in [-0.1, -0.05) is 38.6 Å². The molecule has 0 radical (unpaired) electrons. The van der Waals surface area contributed by atoms with Crippen molar-refractivity contribution in [2.24, 2.45) is 0 Å². The van der Waals surface area contributed by atoms with Crippen molar-refractivity contribution in [2.75, 3.05) is 26.8 Å². The minimum Gasteiger partial charge on any atom is -0.494 e. The molecule has 0 unspecified atom stereocenters. The maximum absolute atomic E-state index is 12.9. The molecule has 0 amide bonds. The van der Waals surface area contributed by atoms with Crippen LogP contribution in [0.3, 0.4) is 0 Å². The van der Waals surface area contributed by atoms with Crippen LogP contribution < -0.4 is 23.7 Å². The third-order valence-corrected chi connectivity index (χ3v) is 7.04. The molecular weight excluding hydrogens is 600 g/mol. The van der Waals surface area contributed by atoms with Crippen molar-refractivity contribution < 1.29 is 42.7 Å². The van der Waals surface area contributed by atoms with Crippen molar-refractivity contribution in [2.45, 2.75) is 39.0 Å². The Kier molecular flexibility index (Phi) is 13.7. The summed E-state index contributed by atoms with van der Waals surface area (Å²) in [6, 6.07) is 23.0. The van der Waals surface area contributed by atoms with Gasteiger partial charge < -0.3 is 33.2 Å². The van der Waals surface area contributed by atoms with Gasteiger partial charge in [-0.3, -0.25) is 0 Å². The summed E-state index contributed by atoms with van der Waals surface area (Å²) >= 11 is 0. The lowest BCUT2D eigenvalue weighted by Crippen LogP contribution is -2.10. The summed E-state index contributed by atoms with van der Waals surface area (Å²) in [5.41, 5.74) is 1.27. The normalized spacial score (nSPS) is 10.6. The van der Waals surface area contributed by atoms with Gasteiger partial charge >= 0.3 is 11.9 Å². The minimum absolute atomic E-state index is 0.0152. The van der Waals surface area contributed by atoms with Crippen molar-refractivity contribution in [3.8, 4) is 28.7 Å². The van der Waals surface area contributed by atoms with Crippen LogP contribution in [0.2, 0.25) is 0 Å². The van der Waals surface area contributed by atoms with Crippen LogP contribution in [0.5, 0.6) is 28.7 Å². The molecule has 0 heterocycles. The van der Waals surface area contributed by atoms with E-state index in [1.54, 1.807) is 54.6 Å². The Bertz CT molecular complexity index is 1630. The van der Waals surface area contributed by atoms with Crippen LogP contribution in [0.4, 0.5) is 0 Å². The van der Waals surface area contributed by atoms with Gasteiger partial charge in [-0.05, 0) is 109 Å². The molecule has 47 heavy (non-hydrogen) atoms. The van der Waals surface area contributed by atoms with Crippen LogP contribution in [-0.2, 0) is 20.7 Å². The Morgan fingerprint density at radius 3 is 2.06 bits per heavy atom. The van der Waals surface area contributed by atoms with E-state index in [9.17, 15) is 9.59 Å². The fourth-order valence-electron chi connectivity index (χ4n) is 4.57. The zero-order chi connectivity index (χ0) is 33.3. The first-order valence-corrected chi connectivity index (χ1v) is 15.5. The van der Waals surface area contributed by atoms with Crippen LogP contribution in [-0.4, -0.2) is 38.7 Å². The summed E-state index contributed by atoms with van der Waals surface area (Å²) in [6.45, 7) is 10.5. The van der Waals surface area contributed by atoms with E-state index < -0.39 is 11.9 Å². The largest absolute Gasteiger partial charge is 0.494 e.